The van der Waals surface area contributed by atoms with Gasteiger partial charge in [0.25, 0.3) is 0 Å². The van der Waals surface area contributed by atoms with Crippen LogP contribution in [-0.4, -0.2) is 56.0 Å². The number of imidazole rings is 1. The second kappa shape index (κ2) is 7.66. The third kappa shape index (κ3) is 3.40. The first-order chi connectivity index (χ1) is 14.6. The molecular formula is C23H26N6O. The molecule has 0 N–H and O–H groups in total. The van der Waals surface area contributed by atoms with Gasteiger partial charge >= 0.3 is 0 Å². The lowest BCUT2D eigenvalue weighted by Gasteiger charge is -2.38. The fraction of sp³-hybridized carbons (Fsp3) is 0.348. The maximum absolute atomic E-state index is 5.36. The first-order valence-corrected chi connectivity index (χ1v) is 10.3. The van der Waals surface area contributed by atoms with Gasteiger partial charge in [-0.1, -0.05) is 11.2 Å². The van der Waals surface area contributed by atoms with Crippen LogP contribution in [0, 0.1) is 13.8 Å². The maximum Gasteiger partial charge on any atom is 0.138 e. The highest BCUT2D eigenvalue weighted by molar-refractivity contribution is 5.63. The van der Waals surface area contributed by atoms with Crippen LogP contribution in [-0.2, 0) is 6.54 Å². The van der Waals surface area contributed by atoms with Gasteiger partial charge in [-0.05, 0) is 45.2 Å². The molecule has 0 radical (unpaired) electrons. The van der Waals surface area contributed by atoms with E-state index in [1.165, 1.54) is 5.56 Å². The Morgan fingerprint density at radius 3 is 2.70 bits per heavy atom. The average Bonchev–Trinajstić information content (AvgIpc) is 3.34. The summed E-state index contributed by atoms with van der Waals surface area (Å²) < 4.78 is 7.54. The van der Waals surface area contributed by atoms with Crippen molar-refractivity contribution in [2.75, 3.05) is 26.7 Å². The molecule has 154 valence electrons. The topological polar surface area (TPSA) is 62.7 Å². The molecule has 5 heterocycles. The molecule has 7 heteroatoms. The highest BCUT2D eigenvalue weighted by Gasteiger charge is 2.29. The van der Waals surface area contributed by atoms with Crippen molar-refractivity contribution in [1.29, 1.82) is 0 Å². The van der Waals surface area contributed by atoms with Crippen LogP contribution in [0.4, 0.5) is 0 Å². The minimum atomic E-state index is 0.240. The van der Waals surface area contributed by atoms with Gasteiger partial charge in [-0.2, -0.15) is 0 Å². The molecule has 0 aromatic carbocycles. The standard InChI is InChI=1S/C23H26N6O/c1-16-19(17(2)30-26-16)13-28-12-11-27(3)22(15-28)20-14-29-21(5-4-6-23(29)25-20)18-7-9-24-10-8-18/h4-10,14,22H,11-13,15H2,1-3H3. The Labute approximate surface area is 176 Å². The molecule has 0 amide bonds. The smallest absolute Gasteiger partial charge is 0.138 e. The monoisotopic (exact) mass is 402 g/mol. The van der Waals surface area contributed by atoms with Crippen LogP contribution < -0.4 is 0 Å². The number of hydrogen-bond acceptors (Lipinski definition) is 6. The Morgan fingerprint density at radius 2 is 1.93 bits per heavy atom. The van der Waals surface area contributed by atoms with E-state index in [2.05, 4.69) is 55.8 Å². The van der Waals surface area contributed by atoms with Crippen LogP contribution in [0.25, 0.3) is 16.9 Å². The third-order valence-corrected chi connectivity index (χ3v) is 6.12. The Morgan fingerprint density at radius 1 is 1.10 bits per heavy atom. The normalized spacial score (nSPS) is 18.3. The molecule has 1 saturated heterocycles. The average molecular weight is 403 g/mol. The Balaban J connectivity index is 1.45. The minimum Gasteiger partial charge on any atom is -0.361 e. The predicted octanol–water partition coefficient (Wildman–Crippen LogP) is 3.49. The fourth-order valence-electron chi connectivity index (χ4n) is 4.29. The van der Waals surface area contributed by atoms with E-state index >= 15 is 0 Å². The summed E-state index contributed by atoms with van der Waals surface area (Å²) >= 11 is 0. The zero-order chi connectivity index (χ0) is 20.7. The number of likely N-dealkylation sites (N-methyl/N-ethyl adjacent to an activating group) is 1. The molecule has 7 nitrogen and oxygen atoms in total. The number of hydrogen-bond donors (Lipinski definition) is 0. The van der Waals surface area contributed by atoms with Gasteiger partial charge in [0.1, 0.15) is 11.4 Å². The van der Waals surface area contributed by atoms with Crippen molar-refractivity contribution in [2.24, 2.45) is 0 Å². The summed E-state index contributed by atoms with van der Waals surface area (Å²) in [5.41, 5.74) is 6.51. The van der Waals surface area contributed by atoms with E-state index in [-0.39, 0.29) is 6.04 Å². The second-order valence-electron chi connectivity index (χ2n) is 8.08. The highest BCUT2D eigenvalue weighted by atomic mass is 16.5. The van der Waals surface area contributed by atoms with Crippen LogP contribution in [0.2, 0.25) is 0 Å². The molecule has 4 aromatic heterocycles. The number of rotatable bonds is 4. The van der Waals surface area contributed by atoms with Gasteiger partial charge in [-0.25, -0.2) is 4.98 Å². The van der Waals surface area contributed by atoms with E-state index in [9.17, 15) is 0 Å². The van der Waals surface area contributed by atoms with Crippen molar-refractivity contribution in [3.63, 3.8) is 0 Å². The molecule has 0 bridgehead atoms. The molecule has 4 aromatic rings. The van der Waals surface area contributed by atoms with Crippen molar-refractivity contribution in [3.8, 4) is 11.3 Å². The van der Waals surface area contributed by atoms with E-state index in [4.69, 9.17) is 9.51 Å². The number of aryl methyl sites for hydroxylation is 2. The lowest BCUT2D eigenvalue weighted by molar-refractivity contribution is 0.0881. The fourth-order valence-corrected chi connectivity index (χ4v) is 4.29. The number of piperazine rings is 1. The third-order valence-electron chi connectivity index (χ3n) is 6.12. The summed E-state index contributed by atoms with van der Waals surface area (Å²) in [6.45, 7) is 7.82. The van der Waals surface area contributed by atoms with Gasteiger partial charge in [0.15, 0.2) is 0 Å². The van der Waals surface area contributed by atoms with Crippen molar-refractivity contribution < 1.29 is 4.52 Å². The van der Waals surface area contributed by atoms with Crippen LogP contribution in [0.3, 0.4) is 0 Å². The highest BCUT2D eigenvalue weighted by Crippen LogP contribution is 2.28. The Bertz CT molecular complexity index is 1150. The first kappa shape index (κ1) is 19.0. The SMILES string of the molecule is Cc1noc(C)c1CN1CCN(C)C(c2cn3c(-c4ccncc4)cccc3n2)C1. The minimum absolute atomic E-state index is 0.240. The van der Waals surface area contributed by atoms with Gasteiger partial charge in [-0.3, -0.25) is 19.2 Å². The van der Waals surface area contributed by atoms with Crippen molar-refractivity contribution in [3.05, 3.63) is 71.6 Å². The molecule has 1 unspecified atom stereocenters. The summed E-state index contributed by atoms with van der Waals surface area (Å²) in [5.74, 6) is 0.915. The molecule has 0 saturated carbocycles. The molecule has 1 aliphatic rings. The van der Waals surface area contributed by atoms with E-state index in [0.717, 1.165) is 60.2 Å². The molecule has 1 aliphatic heterocycles. The first-order valence-electron chi connectivity index (χ1n) is 10.3. The molecule has 0 spiro atoms. The van der Waals surface area contributed by atoms with Gasteiger partial charge in [0.2, 0.25) is 0 Å². The van der Waals surface area contributed by atoms with Crippen LogP contribution in [0.5, 0.6) is 0 Å². The van der Waals surface area contributed by atoms with Crippen molar-refractivity contribution in [2.45, 2.75) is 26.4 Å². The molecule has 30 heavy (non-hydrogen) atoms. The molecule has 0 aliphatic carbocycles. The number of nitrogens with zero attached hydrogens (tertiary/aromatic N) is 6. The molecule has 5 rings (SSSR count). The number of pyridine rings is 2. The Kier molecular flexibility index (Phi) is 4.84. The van der Waals surface area contributed by atoms with E-state index in [0.29, 0.717) is 0 Å². The quantitative estimate of drug-likeness (QED) is 0.521. The molecule has 1 atom stereocenters. The van der Waals surface area contributed by atoms with Gasteiger partial charge < -0.3 is 4.52 Å². The summed E-state index contributed by atoms with van der Waals surface area (Å²) in [6.07, 6.45) is 5.84. The van der Waals surface area contributed by atoms with Crippen LogP contribution >= 0.6 is 0 Å². The summed E-state index contributed by atoms with van der Waals surface area (Å²) in [6, 6.07) is 10.6. The second-order valence-corrected chi connectivity index (χ2v) is 8.08. The van der Waals surface area contributed by atoms with E-state index in [1.807, 2.05) is 38.4 Å². The predicted molar refractivity (Wildman–Crippen MR) is 115 cm³/mol. The summed E-state index contributed by atoms with van der Waals surface area (Å²) in [7, 11) is 2.19. The van der Waals surface area contributed by atoms with Gasteiger partial charge in [-0.15, -0.1) is 0 Å². The Hall–Kier alpha value is -3.03. The summed E-state index contributed by atoms with van der Waals surface area (Å²) in [5, 5.41) is 4.11. The summed E-state index contributed by atoms with van der Waals surface area (Å²) in [4.78, 5) is 14.0. The van der Waals surface area contributed by atoms with Gasteiger partial charge in [0, 0.05) is 55.9 Å². The lowest BCUT2D eigenvalue weighted by Crippen LogP contribution is -2.46. The number of aromatic nitrogens is 4. The largest absolute Gasteiger partial charge is 0.361 e. The number of fused-ring (bicyclic) bond motifs is 1. The van der Waals surface area contributed by atoms with Crippen LogP contribution in [0.1, 0.15) is 28.8 Å². The maximum atomic E-state index is 5.36. The molecular weight excluding hydrogens is 376 g/mol. The van der Waals surface area contributed by atoms with Crippen LogP contribution in [0.15, 0.2) is 53.4 Å². The van der Waals surface area contributed by atoms with Gasteiger partial charge in [0.05, 0.1) is 23.1 Å². The zero-order valence-corrected chi connectivity index (χ0v) is 17.6. The van der Waals surface area contributed by atoms with Crippen molar-refractivity contribution in [1.82, 2.24) is 29.3 Å². The zero-order valence-electron chi connectivity index (χ0n) is 17.6. The van der Waals surface area contributed by atoms with E-state index in [1.54, 1.807) is 0 Å². The van der Waals surface area contributed by atoms with Crippen molar-refractivity contribution >= 4 is 5.65 Å². The molecule has 1 fully saturated rings. The lowest BCUT2D eigenvalue weighted by atomic mass is 10.1. The van der Waals surface area contributed by atoms with E-state index < -0.39 is 0 Å².